The van der Waals surface area contributed by atoms with Gasteiger partial charge in [0.1, 0.15) is 0 Å². The van der Waals surface area contributed by atoms with Gasteiger partial charge >= 0.3 is 5.97 Å². The van der Waals surface area contributed by atoms with E-state index in [1.165, 1.54) is 0 Å². The number of carbonyl (C=O) groups is 1. The molecule has 2 rings (SSSR count). The predicted molar refractivity (Wildman–Crippen MR) is 48.6 cm³/mol. The van der Waals surface area contributed by atoms with Gasteiger partial charge in [-0.2, -0.15) is 0 Å². The van der Waals surface area contributed by atoms with E-state index in [0.717, 1.165) is 0 Å². The Morgan fingerprint density at radius 2 is 1.93 bits per heavy atom. The van der Waals surface area contributed by atoms with E-state index in [4.69, 9.17) is 4.74 Å². The van der Waals surface area contributed by atoms with Crippen LogP contribution in [0.3, 0.4) is 0 Å². The number of esters is 1. The Bertz CT molecular complexity index is 255. The number of hydrogen-bond acceptors (Lipinski definition) is 4. The van der Waals surface area contributed by atoms with Crippen molar-refractivity contribution in [3.05, 3.63) is 0 Å². The minimum Gasteiger partial charge on any atom is -0.464 e. The van der Waals surface area contributed by atoms with Crippen molar-refractivity contribution in [1.29, 1.82) is 0 Å². The Morgan fingerprint density at radius 3 is 2.43 bits per heavy atom. The van der Waals surface area contributed by atoms with Crippen LogP contribution in [0.4, 0.5) is 4.39 Å². The van der Waals surface area contributed by atoms with Gasteiger partial charge in [0, 0.05) is 26.2 Å². The summed E-state index contributed by atoms with van der Waals surface area (Å²) >= 11 is 0. The Hall–Kier alpha value is -0.680. The highest BCUT2D eigenvalue weighted by Gasteiger charge is 2.64. The van der Waals surface area contributed by atoms with Crippen LogP contribution in [-0.2, 0) is 9.53 Å². The number of nitrogens with one attached hydrogen (secondary N) is 2. The molecule has 2 aliphatic heterocycles. The smallest absolute Gasteiger partial charge is 0.345 e. The average molecular weight is 202 g/mol. The molecule has 0 aliphatic carbocycles. The summed E-state index contributed by atoms with van der Waals surface area (Å²) in [5, 5.41) is 5.94. The number of alkyl halides is 1. The first kappa shape index (κ1) is 9.86. The molecule has 0 aromatic carbocycles. The summed E-state index contributed by atoms with van der Waals surface area (Å²) in [5.74, 6) is -0.716. The molecule has 1 atom stereocenters. The lowest BCUT2D eigenvalue weighted by Gasteiger charge is -2.45. The van der Waals surface area contributed by atoms with Crippen molar-refractivity contribution < 1.29 is 13.9 Å². The normalized spacial score (nSPS) is 34.1. The van der Waals surface area contributed by atoms with Crippen LogP contribution in [-0.4, -0.2) is 44.4 Å². The molecule has 0 aromatic rings. The summed E-state index contributed by atoms with van der Waals surface area (Å²) in [6.45, 7) is 3.65. The second-order valence-corrected chi connectivity index (χ2v) is 4.01. The van der Waals surface area contributed by atoms with Gasteiger partial charge in [0.05, 0.1) is 12.0 Å². The van der Waals surface area contributed by atoms with Crippen LogP contribution in [0.5, 0.6) is 0 Å². The summed E-state index contributed by atoms with van der Waals surface area (Å²) in [5.41, 5.74) is -2.41. The number of carbonyl (C=O) groups excluding carboxylic acids is 1. The van der Waals surface area contributed by atoms with Gasteiger partial charge in [-0.3, -0.25) is 0 Å². The molecule has 0 aromatic heterocycles. The fraction of sp³-hybridized carbons (Fsp3) is 0.889. The Labute approximate surface area is 82.2 Å². The Balaban J connectivity index is 2.16. The van der Waals surface area contributed by atoms with Gasteiger partial charge in [-0.15, -0.1) is 0 Å². The monoisotopic (exact) mass is 202 g/mol. The van der Waals surface area contributed by atoms with Crippen molar-refractivity contribution in [1.82, 2.24) is 10.6 Å². The van der Waals surface area contributed by atoms with Crippen molar-refractivity contribution in [2.24, 2.45) is 5.41 Å². The molecule has 0 bridgehead atoms. The summed E-state index contributed by atoms with van der Waals surface area (Å²) in [6.07, 6.45) is 0. The van der Waals surface area contributed by atoms with E-state index in [2.05, 4.69) is 10.6 Å². The highest BCUT2D eigenvalue weighted by molar-refractivity contribution is 5.82. The van der Waals surface area contributed by atoms with Crippen LogP contribution in [0.15, 0.2) is 0 Å². The van der Waals surface area contributed by atoms with Gasteiger partial charge in [-0.1, -0.05) is 0 Å². The third kappa shape index (κ3) is 1.09. The molecule has 1 unspecified atom stereocenters. The molecule has 0 radical (unpaired) electrons. The Kier molecular flexibility index (Phi) is 2.23. The largest absolute Gasteiger partial charge is 0.464 e. The highest BCUT2D eigenvalue weighted by Crippen LogP contribution is 2.42. The molecule has 5 heteroatoms. The number of halogens is 1. The predicted octanol–water partition coefficient (Wildman–Crippen LogP) is -0.549. The second-order valence-electron chi connectivity index (χ2n) is 4.01. The van der Waals surface area contributed by atoms with Gasteiger partial charge in [0.15, 0.2) is 0 Å². The van der Waals surface area contributed by atoms with Gasteiger partial charge in [0.2, 0.25) is 5.67 Å². The van der Waals surface area contributed by atoms with Crippen LogP contribution < -0.4 is 10.6 Å². The first-order valence-corrected chi connectivity index (χ1v) is 4.92. The number of rotatable bonds is 2. The lowest BCUT2D eigenvalue weighted by Crippen LogP contribution is -2.67. The zero-order chi connectivity index (χ0) is 10.2. The van der Waals surface area contributed by atoms with Crippen LogP contribution in [0, 0.1) is 5.41 Å². The zero-order valence-electron chi connectivity index (χ0n) is 8.23. The van der Waals surface area contributed by atoms with Crippen molar-refractivity contribution in [3.8, 4) is 0 Å². The van der Waals surface area contributed by atoms with Gasteiger partial charge < -0.3 is 15.4 Å². The van der Waals surface area contributed by atoms with E-state index in [1.807, 2.05) is 0 Å². The molecule has 0 saturated carbocycles. The fourth-order valence-electron chi connectivity index (χ4n) is 2.17. The van der Waals surface area contributed by atoms with Crippen LogP contribution in [0.25, 0.3) is 0 Å². The maximum atomic E-state index is 14.4. The van der Waals surface area contributed by atoms with Crippen molar-refractivity contribution in [2.45, 2.75) is 12.6 Å². The molecule has 2 aliphatic rings. The standard InChI is InChI=1S/C9H15FN2O2/c1-2-14-7(13)9(10)6-12-5-8(9)3-11-4-8/h11-12H,2-6H2,1H3. The second kappa shape index (κ2) is 3.17. The van der Waals surface area contributed by atoms with Gasteiger partial charge in [0.25, 0.3) is 0 Å². The summed E-state index contributed by atoms with van der Waals surface area (Å²) in [6, 6.07) is 0. The van der Waals surface area contributed by atoms with Crippen molar-refractivity contribution in [2.75, 3.05) is 32.8 Å². The third-order valence-electron chi connectivity index (χ3n) is 3.20. The molecule has 0 amide bonds. The molecule has 80 valence electrons. The summed E-state index contributed by atoms with van der Waals surface area (Å²) in [7, 11) is 0. The number of ether oxygens (including phenoxy) is 1. The third-order valence-corrected chi connectivity index (χ3v) is 3.20. The molecule has 1 spiro atoms. The molecule has 2 fully saturated rings. The fourth-order valence-corrected chi connectivity index (χ4v) is 2.17. The topological polar surface area (TPSA) is 50.4 Å². The zero-order valence-corrected chi connectivity index (χ0v) is 8.23. The summed E-state index contributed by atoms with van der Waals surface area (Å²) in [4.78, 5) is 11.5. The number of hydrogen-bond donors (Lipinski definition) is 2. The maximum absolute atomic E-state index is 14.4. The van der Waals surface area contributed by atoms with E-state index < -0.39 is 17.1 Å². The molecule has 4 nitrogen and oxygen atoms in total. The molecule has 2 heterocycles. The minimum atomic E-state index is -1.84. The SMILES string of the molecule is CCOC(=O)C1(F)CNCC12CNC2. The average Bonchev–Trinajstić information content (AvgIpc) is 2.44. The lowest BCUT2D eigenvalue weighted by molar-refractivity contribution is -0.166. The van der Waals surface area contributed by atoms with E-state index in [1.54, 1.807) is 6.92 Å². The van der Waals surface area contributed by atoms with Gasteiger partial charge in [-0.05, 0) is 6.92 Å². The molecule has 14 heavy (non-hydrogen) atoms. The molecule has 2 N–H and O–H groups in total. The molecule has 2 saturated heterocycles. The van der Waals surface area contributed by atoms with Crippen molar-refractivity contribution >= 4 is 5.97 Å². The minimum absolute atomic E-state index is 0.0769. The molecular weight excluding hydrogens is 187 g/mol. The van der Waals surface area contributed by atoms with Crippen LogP contribution >= 0.6 is 0 Å². The van der Waals surface area contributed by atoms with Gasteiger partial charge in [-0.25, -0.2) is 9.18 Å². The lowest BCUT2D eigenvalue weighted by atomic mass is 9.71. The maximum Gasteiger partial charge on any atom is 0.345 e. The first-order valence-electron chi connectivity index (χ1n) is 4.92. The van der Waals surface area contributed by atoms with E-state index in [9.17, 15) is 9.18 Å². The summed E-state index contributed by atoms with van der Waals surface area (Å²) < 4.78 is 19.2. The van der Waals surface area contributed by atoms with E-state index in [0.29, 0.717) is 19.6 Å². The van der Waals surface area contributed by atoms with Crippen LogP contribution in [0.1, 0.15) is 6.92 Å². The first-order chi connectivity index (χ1) is 6.65. The Morgan fingerprint density at radius 1 is 1.36 bits per heavy atom. The quantitative estimate of drug-likeness (QED) is 0.590. The van der Waals surface area contributed by atoms with E-state index >= 15 is 0 Å². The van der Waals surface area contributed by atoms with Crippen molar-refractivity contribution in [3.63, 3.8) is 0 Å². The van der Waals surface area contributed by atoms with E-state index in [-0.39, 0.29) is 13.2 Å². The van der Waals surface area contributed by atoms with Crippen LogP contribution in [0.2, 0.25) is 0 Å². The highest BCUT2D eigenvalue weighted by atomic mass is 19.1. The molecular formula is C9H15FN2O2.